The van der Waals surface area contributed by atoms with E-state index in [9.17, 15) is 9.18 Å². The van der Waals surface area contributed by atoms with Crippen LogP contribution in [0.3, 0.4) is 0 Å². The number of hydrogen-bond donors (Lipinski definition) is 1. The fourth-order valence-electron chi connectivity index (χ4n) is 3.41. The number of amides is 1. The van der Waals surface area contributed by atoms with E-state index in [-0.39, 0.29) is 11.7 Å². The molecule has 2 heterocycles. The lowest BCUT2D eigenvalue weighted by atomic mass is 10.1. The van der Waals surface area contributed by atoms with Gasteiger partial charge >= 0.3 is 0 Å². The predicted molar refractivity (Wildman–Crippen MR) is 105 cm³/mol. The molecule has 3 aromatic rings. The lowest BCUT2D eigenvalue weighted by Crippen LogP contribution is -2.32. The van der Waals surface area contributed by atoms with Crippen LogP contribution in [0.4, 0.5) is 10.1 Å². The third-order valence-electron chi connectivity index (χ3n) is 4.89. The Morgan fingerprint density at radius 3 is 2.68 bits per heavy atom. The first kappa shape index (κ1) is 18.0. The SMILES string of the molecule is COc1ccc(CN2C(=O)c3cccnc3C2Nc2ccc(F)cc2C)cc1. The van der Waals surface area contributed by atoms with Crippen molar-refractivity contribution >= 4 is 11.6 Å². The summed E-state index contributed by atoms with van der Waals surface area (Å²) in [5.41, 5.74) is 3.75. The minimum Gasteiger partial charge on any atom is -0.497 e. The lowest BCUT2D eigenvalue weighted by molar-refractivity contribution is 0.0727. The van der Waals surface area contributed by atoms with E-state index in [2.05, 4.69) is 10.3 Å². The van der Waals surface area contributed by atoms with Gasteiger partial charge in [-0.2, -0.15) is 0 Å². The van der Waals surface area contributed by atoms with Crippen LogP contribution < -0.4 is 10.1 Å². The minimum atomic E-state index is -0.435. The smallest absolute Gasteiger partial charge is 0.258 e. The van der Waals surface area contributed by atoms with Gasteiger partial charge in [0.15, 0.2) is 0 Å². The highest BCUT2D eigenvalue weighted by Gasteiger charge is 2.38. The number of halogens is 1. The lowest BCUT2D eigenvalue weighted by Gasteiger charge is -2.27. The maximum Gasteiger partial charge on any atom is 0.258 e. The zero-order valence-electron chi connectivity index (χ0n) is 15.6. The Bertz CT molecular complexity index is 1020. The van der Waals surface area contributed by atoms with Crippen molar-refractivity contribution in [1.82, 2.24) is 9.88 Å². The van der Waals surface area contributed by atoms with Crippen molar-refractivity contribution in [3.8, 4) is 5.75 Å². The van der Waals surface area contributed by atoms with E-state index in [0.717, 1.165) is 22.6 Å². The third kappa shape index (κ3) is 3.29. The molecule has 0 aliphatic carbocycles. The van der Waals surface area contributed by atoms with Gasteiger partial charge in [0.1, 0.15) is 17.7 Å². The van der Waals surface area contributed by atoms with Gasteiger partial charge in [-0.05, 0) is 60.5 Å². The van der Waals surface area contributed by atoms with Crippen LogP contribution in [0.5, 0.6) is 5.75 Å². The molecule has 1 aromatic heterocycles. The van der Waals surface area contributed by atoms with Crippen molar-refractivity contribution in [3.63, 3.8) is 0 Å². The summed E-state index contributed by atoms with van der Waals surface area (Å²) in [5.74, 6) is 0.383. The number of benzene rings is 2. The molecule has 1 unspecified atom stereocenters. The highest BCUT2D eigenvalue weighted by Crippen LogP contribution is 2.35. The Hall–Kier alpha value is -3.41. The van der Waals surface area contributed by atoms with E-state index < -0.39 is 6.17 Å². The Kier molecular flexibility index (Phi) is 4.69. The third-order valence-corrected chi connectivity index (χ3v) is 4.89. The summed E-state index contributed by atoms with van der Waals surface area (Å²) in [5, 5.41) is 3.37. The second-order valence-corrected chi connectivity index (χ2v) is 6.72. The van der Waals surface area contributed by atoms with Crippen LogP contribution in [-0.2, 0) is 6.54 Å². The Labute approximate surface area is 162 Å². The first-order chi connectivity index (χ1) is 13.6. The molecule has 0 spiro atoms. The molecule has 0 fully saturated rings. The Morgan fingerprint density at radius 2 is 1.96 bits per heavy atom. The van der Waals surface area contributed by atoms with Crippen molar-refractivity contribution in [1.29, 1.82) is 0 Å². The van der Waals surface area contributed by atoms with Gasteiger partial charge < -0.3 is 15.0 Å². The summed E-state index contributed by atoms with van der Waals surface area (Å²) in [6.07, 6.45) is 1.24. The molecule has 4 rings (SSSR count). The van der Waals surface area contributed by atoms with E-state index >= 15 is 0 Å². The molecule has 1 atom stereocenters. The quantitative estimate of drug-likeness (QED) is 0.720. The van der Waals surface area contributed by atoms with Gasteiger partial charge in [-0.3, -0.25) is 9.78 Å². The fraction of sp³-hybridized carbons (Fsp3) is 0.182. The van der Waals surface area contributed by atoms with Crippen molar-refractivity contribution in [2.45, 2.75) is 19.6 Å². The molecule has 5 nitrogen and oxygen atoms in total. The van der Waals surface area contributed by atoms with Gasteiger partial charge in [0, 0.05) is 18.4 Å². The van der Waals surface area contributed by atoms with E-state index in [1.165, 1.54) is 12.1 Å². The molecule has 1 amide bonds. The normalized spacial score (nSPS) is 15.5. The van der Waals surface area contributed by atoms with Gasteiger partial charge in [-0.25, -0.2) is 4.39 Å². The number of ether oxygens (including phenoxy) is 1. The Morgan fingerprint density at radius 1 is 1.18 bits per heavy atom. The maximum atomic E-state index is 13.5. The molecule has 1 aliphatic heterocycles. The number of methoxy groups -OCH3 is 1. The molecular weight excluding hydrogens is 357 g/mol. The number of anilines is 1. The van der Waals surface area contributed by atoms with Gasteiger partial charge in [-0.15, -0.1) is 0 Å². The van der Waals surface area contributed by atoms with Gasteiger partial charge in [0.05, 0.1) is 18.4 Å². The van der Waals surface area contributed by atoms with Crippen molar-refractivity contribution in [2.75, 3.05) is 12.4 Å². The molecule has 0 saturated carbocycles. The van der Waals surface area contributed by atoms with Crippen LogP contribution in [-0.4, -0.2) is 22.9 Å². The van der Waals surface area contributed by atoms with Gasteiger partial charge in [0.2, 0.25) is 0 Å². The minimum absolute atomic E-state index is 0.0869. The number of hydrogen-bond acceptors (Lipinski definition) is 4. The zero-order chi connectivity index (χ0) is 19.7. The number of pyridine rings is 1. The first-order valence-electron chi connectivity index (χ1n) is 8.98. The number of fused-ring (bicyclic) bond motifs is 1. The maximum absolute atomic E-state index is 13.5. The molecule has 28 heavy (non-hydrogen) atoms. The number of nitrogens with zero attached hydrogens (tertiary/aromatic N) is 2. The topological polar surface area (TPSA) is 54.5 Å². The summed E-state index contributed by atoms with van der Waals surface area (Å²) in [7, 11) is 1.62. The van der Waals surface area contributed by atoms with Crippen LogP contribution >= 0.6 is 0 Å². The second kappa shape index (κ2) is 7.31. The largest absolute Gasteiger partial charge is 0.497 e. The van der Waals surface area contributed by atoms with Crippen LogP contribution in [0.15, 0.2) is 60.8 Å². The molecule has 1 aliphatic rings. The molecule has 0 bridgehead atoms. The van der Waals surface area contributed by atoms with Gasteiger partial charge in [0.25, 0.3) is 5.91 Å². The number of aromatic nitrogens is 1. The van der Waals surface area contributed by atoms with Crippen LogP contribution in [0.25, 0.3) is 0 Å². The fourth-order valence-corrected chi connectivity index (χ4v) is 3.41. The van der Waals surface area contributed by atoms with E-state index in [0.29, 0.717) is 17.8 Å². The number of nitrogens with one attached hydrogen (secondary N) is 1. The average molecular weight is 377 g/mol. The first-order valence-corrected chi connectivity index (χ1v) is 8.98. The van der Waals surface area contributed by atoms with Crippen LogP contribution in [0.2, 0.25) is 0 Å². The van der Waals surface area contributed by atoms with Crippen molar-refractivity contribution in [2.24, 2.45) is 0 Å². The number of aryl methyl sites for hydroxylation is 1. The van der Waals surface area contributed by atoms with Gasteiger partial charge in [-0.1, -0.05) is 12.1 Å². The van der Waals surface area contributed by atoms with E-state index in [4.69, 9.17) is 4.74 Å². The highest BCUT2D eigenvalue weighted by atomic mass is 19.1. The van der Waals surface area contributed by atoms with E-state index in [1.54, 1.807) is 36.4 Å². The zero-order valence-corrected chi connectivity index (χ0v) is 15.6. The van der Waals surface area contributed by atoms with E-state index in [1.807, 2.05) is 31.2 Å². The van der Waals surface area contributed by atoms with Crippen LogP contribution in [0, 0.1) is 12.7 Å². The summed E-state index contributed by atoms with van der Waals surface area (Å²) < 4.78 is 18.7. The molecular formula is C22H20FN3O2. The standard InChI is InChI=1S/C22H20FN3O2/c1-14-12-16(23)7-10-19(14)25-21-20-18(4-3-11-24-20)22(27)26(21)13-15-5-8-17(28-2)9-6-15/h3-12,21,25H,13H2,1-2H3. The number of carbonyl (C=O) groups excluding carboxylic acids is 1. The summed E-state index contributed by atoms with van der Waals surface area (Å²) in [4.78, 5) is 19.2. The summed E-state index contributed by atoms with van der Waals surface area (Å²) in [6, 6.07) is 15.7. The Balaban J connectivity index is 1.67. The number of rotatable bonds is 5. The molecule has 0 saturated heterocycles. The average Bonchev–Trinajstić information content (AvgIpc) is 2.96. The molecule has 142 valence electrons. The second-order valence-electron chi connectivity index (χ2n) is 6.72. The van der Waals surface area contributed by atoms with Crippen molar-refractivity contribution in [3.05, 3.63) is 89.0 Å². The molecule has 2 aromatic carbocycles. The predicted octanol–water partition coefficient (Wildman–Crippen LogP) is 4.30. The highest BCUT2D eigenvalue weighted by molar-refractivity contribution is 5.98. The van der Waals surface area contributed by atoms with Crippen LogP contribution in [0.1, 0.15) is 33.3 Å². The number of carbonyl (C=O) groups is 1. The molecule has 6 heteroatoms. The van der Waals surface area contributed by atoms with Crippen molar-refractivity contribution < 1.29 is 13.9 Å². The monoisotopic (exact) mass is 377 g/mol. The summed E-state index contributed by atoms with van der Waals surface area (Å²) in [6.45, 7) is 2.24. The molecule has 1 N–H and O–H groups in total. The summed E-state index contributed by atoms with van der Waals surface area (Å²) >= 11 is 0. The molecule has 0 radical (unpaired) electrons.